The Bertz CT molecular complexity index is 610. The second-order valence-corrected chi connectivity index (χ2v) is 7.64. The van der Waals surface area contributed by atoms with E-state index in [4.69, 9.17) is 0 Å². The van der Waals surface area contributed by atoms with E-state index >= 15 is 0 Å². The average molecular weight is 336 g/mol. The summed E-state index contributed by atoms with van der Waals surface area (Å²) < 4.78 is 0. The zero-order chi connectivity index (χ0) is 17.5. The summed E-state index contributed by atoms with van der Waals surface area (Å²) in [4.78, 5) is 11.4. The number of carboxylic acids is 1. The molecule has 3 rings (SSSR count). The number of benzene rings is 2. The summed E-state index contributed by atoms with van der Waals surface area (Å²) in [6, 6.07) is 21.5. The van der Waals surface area contributed by atoms with E-state index in [1.165, 1.54) is 11.1 Å². The maximum atomic E-state index is 11.4. The Morgan fingerprint density at radius 2 is 1.28 bits per heavy atom. The predicted octanol–water partition coefficient (Wildman–Crippen LogP) is 5.51. The first-order valence-corrected chi connectivity index (χ1v) is 9.48. The lowest BCUT2D eigenvalue weighted by Gasteiger charge is -2.37. The molecule has 2 nitrogen and oxygen atoms in total. The number of aliphatic carboxylic acids is 1. The second kappa shape index (κ2) is 8.33. The number of carboxylic acid groups (broad SMARTS) is 1. The first-order chi connectivity index (χ1) is 12.2. The maximum absolute atomic E-state index is 11.4. The molecular formula is C23H28O2. The fourth-order valence-electron chi connectivity index (χ4n) is 4.44. The topological polar surface area (TPSA) is 37.3 Å². The summed E-state index contributed by atoms with van der Waals surface area (Å²) >= 11 is 0. The standard InChI is InChI=1S/C23H28O2/c24-22(25)21-13-7-15-23(16-8-14-21,17-19-9-3-1-4-10-19)18-20-11-5-2-6-12-20/h1-6,9-12,21H,7-8,13-18H2,(H,24,25). The van der Waals surface area contributed by atoms with Crippen LogP contribution in [0.3, 0.4) is 0 Å². The number of hydrogen-bond donors (Lipinski definition) is 1. The van der Waals surface area contributed by atoms with Gasteiger partial charge in [-0.15, -0.1) is 0 Å². The number of carbonyl (C=O) groups is 1. The molecule has 0 saturated heterocycles. The van der Waals surface area contributed by atoms with Crippen molar-refractivity contribution < 1.29 is 9.90 Å². The predicted molar refractivity (Wildman–Crippen MR) is 102 cm³/mol. The Kier molecular flexibility index (Phi) is 5.91. The minimum atomic E-state index is -0.612. The van der Waals surface area contributed by atoms with Crippen LogP contribution in [0.4, 0.5) is 0 Å². The quantitative estimate of drug-likeness (QED) is 0.781. The van der Waals surface area contributed by atoms with Crippen LogP contribution in [0, 0.1) is 11.3 Å². The lowest BCUT2D eigenvalue weighted by molar-refractivity contribution is -0.142. The van der Waals surface area contributed by atoms with E-state index in [0.29, 0.717) is 0 Å². The van der Waals surface area contributed by atoms with Crippen molar-refractivity contribution in [3.8, 4) is 0 Å². The van der Waals surface area contributed by atoms with Gasteiger partial charge in [0.05, 0.1) is 5.92 Å². The largest absolute Gasteiger partial charge is 0.481 e. The molecule has 0 aliphatic heterocycles. The van der Waals surface area contributed by atoms with Crippen molar-refractivity contribution >= 4 is 5.97 Å². The summed E-state index contributed by atoms with van der Waals surface area (Å²) in [7, 11) is 0. The zero-order valence-corrected chi connectivity index (χ0v) is 14.9. The van der Waals surface area contributed by atoms with Crippen LogP contribution in [0.2, 0.25) is 0 Å². The normalized spacial score (nSPS) is 18.2. The molecule has 0 spiro atoms. The summed E-state index contributed by atoms with van der Waals surface area (Å²) in [5, 5.41) is 9.36. The molecule has 1 aliphatic carbocycles. The summed E-state index contributed by atoms with van der Waals surface area (Å²) in [6.45, 7) is 0. The van der Waals surface area contributed by atoms with Gasteiger partial charge >= 0.3 is 5.97 Å². The highest BCUT2D eigenvalue weighted by molar-refractivity contribution is 5.69. The van der Waals surface area contributed by atoms with Gasteiger partial charge in [0.25, 0.3) is 0 Å². The van der Waals surface area contributed by atoms with Gasteiger partial charge in [-0.3, -0.25) is 4.79 Å². The van der Waals surface area contributed by atoms with Gasteiger partial charge in [-0.05, 0) is 55.1 Å². The van der Waals surface area contributed by atoms with Crippen LogP contribution in [0.25, 0.3) is 0 Å². The van der Waals surface area contributed by atoms with Crippen molar-refractivity contribution in [2.24, 2.45) is 11.3 Å². The molecule has 1 N–H and O–H groups in total. The molecule has 2 heteroatoms. The molecule has 0 radical (unpaired) electrons. The van der Waals surface area contributed by atoms with Gasteiger partial charge in [-0.1, -0.05) is 73.5 Å². The van der Waals surface area contributed by atoms with E-state index in [1.807, 2.05) is 0 Å². The Morgan fingerprint density at radius 3 is 1.68 bits per heavy atom. The van der Waals surface area contributed by atoms with Gasteiger partial charge in [0.15, 0.2) is 0 Å². The summed E-state index contributed by atoms with van der Waals surface area (Å²) in [5.41, 5.74) is 3.04. The Labute approximate surface area is 150 Å². The maximum Gasteiger partial charge on any atom is 0.306 e. The van der Waals surface area contributed by atoms with Crippen LogP contribution in [0.1, 0.15) is 49.7 Å². The first-order valence-electron chi connectivity index (χ1n) is 9.48. The molecule has 1 fully saturated rings. The lowest BCUT2D eigenvalue weighted by atomic mass is 9.68. The van der Waals surface area contributed by atoms with Crippen molar-refractivity contribution in [3.05, 3.63) is 71.8 Å². The minimum Gasteiger partial charge on any atom is -0.481 e. The molecule has 0 heterocycles. The van der Waals surface area contributed by atoms with E-state index in [2.05, 4.69) is 60.7 Å². The first kappa shape index (κ1) is 17.7. The molecule has 0 bridgehead atoms. The fourth-order valence-corrected chi connectivity index (χ4v) is 4.44. The fraction of sp³-hybridized carbons (Fsp3) is 0.435. The van der Waals surface area contributed by atoms with Crippen molar-refractivity contribution in [2.75, 3.05) is 0 Å². The average Bonchev–Trinajstić information content (AvgIpc) is 2.60. The smallest absolute Gasteiger partial charge is 0.306 e. The van der Waals surface area contributed by atoms with Crippen molar-refractivity contribution in [3.63, 3.8) is 0 Å². The molecular weight excluding hydrogens is 308 g/mol. The molecule has 0 atom stereocenters. The summed E-state index contributed by atoms with van der Waals surface area (Å²) in [6.07, 6.45) is 8.05. The van der Waals surface area contributed by atoms with Crippen molar-refractivity contribution in [1.29, 1.82) is 0 Å². The molecule has 2 aromatic rings. The Balaban J connectivity index is 1.80. The van der Waals surface area contributed by atoms with E-state index in [1.54, 1.807) is 0 Å². The molecule has 1 aliphatic rings. The van der Waals surface area contributed by atoms with Crippen LogP contribution >= 0.6 is 0 Å². The van der Waals surface area contributed by atoms with Crippen molar-refractivity contribution in [1.82, 2.24) is 0 Å². The van der Waals surface area contributed by atoms with Gasteiger partial charge in [0.2, 0.25) is 0 Å². The zero-order valence-electron chi connectivity index (χ0n) is 14.9. The van der Waals surface area contributed by atoms with Crippen LogP contribution in [0.5, 0.6) is 0 Å². The van der Waals surface area contributed by atoms with Crippen LogP contribution in [-0.4, -0.2) is 11.1 Å². The number of rotatable bonds is 5. The van der Waals surface area contributed by atoms with E-state index in [0.717, 1.165) is 51.4 Å². The van der Waals surface area contributed by atoms with E-state index in [9.17, 15) is 9.90 Å². The Morgan fingerprint density at radius 1 is 0.840 bits per heavy atom. The third-order valence-corrected chi connectivity index (χ3v) is 5.71. The van der Waals surface area contributed by atoms with Gasteiger partial charge in [0.1, 0.15) is 0 Å². The molecule has 25 heavy (non-hydrogen) atoms. The lowest BCUT2D eigenvalue weighted by Crippen LogP contribution is -2.30. The highest BCUT2D eigenvalue weighted by Crippen LogP contribution is 2.41. The SMILES string of the molecule is O=C(O)C1CCCC(Cc2ccccc2)(Cc2ccccc2)CCC1. The van der Waals surface area contributed by atoms with E-state index in [-0.39, 0.29) is 11.3 Å². The molecule has 132 valence electrons. The van der Waals surface area contributed by atoms with E-state index < -0.39 is 5.97 Å². The van der Waals surface area contributed by atoms with Crippen LogP contribution in [-0.2, 0) is 17.6 Å². The van der Waals surface area contributed by atoms with Crippen LogP contribution in [0.15, 0.2) is 60.7 Å². The highest BCUT2D eigenvalue weighted by atomic mass is 16.4. The van der Waals surface area contributed by atoms with Crippen molar-refractivity contribution in [2.45, 2.75) is 51.4 Å². The third-order valence-electron chi connectivity index (χ3n) is 5.71. The molecule has 0 aromatic heterocycles. The molecule has 2 aromatic carbocycles. The molecule has 1 saturated carbocycles. The molecule has 0 unspecified atom stereocenters. The Hall–Kier alpha value is -2.09. The summed E-state index contributed by atoms with van der Waals surface area (Å²) in [5.74, 6) is -0.759. The van der Waals surface area contributed by atoms with Gasteiger partial charge in [-0.2, -0.15) is 0 Å². The second-order valence-electron chi connectivity index (χ2n) is 7.64. The highest BCUT2D eigenvalue weighted by Gasteiger charge is 2.33. The van der Waals surface area contributed by atoms with Crippen LogP contribution < -0.4 is 0 Å². The monoisotopic (exact) mass is 336 g/mol. The van der Waals surface area contributed by atoms with Gasteiger partial charge < -0.3 is 5.11 Å². The molecule has 0 amide bonds. The van der Waals surface area contributed by atoms with Gasteiger partial charge in [0, 0.05) is 0 Å². The third kappa shape index (κ3) is 4.94. The number of hydrogen-bond acceptors (Lipinski definition) is 1. The van der Waals surface area contributed by atoms with Gasteiger partial charge in [-0.25, -0.2) is 0 Å². The minimum absolute atomic E-state index is 0.147.